The molecule has 3 rings (SSSR count). The summed E-state index contributed by atoms with van der Waals surface area (Å²) in [6.45, 7) is 0.284. The lowest BCUT2D eigenvalue weighted by Crippen LogP contribution is -2.07. The summed E-state index contributed by atoms with van der Waals surface area (Å²) in [7, 11) is 1.27. The van der Waals surface area contributed by atoms with E-state index in [9.17, 15) is 14.0 Å². The zero-order valence-electron chi connectivity index (χ0n) is 14.7. The summed E-state index contributed by atoms with van der Waals surface area (Å²) in [5.74, 6) is -0.659. The largest absolute Gasteiger partial charge is 0.463 e. The van der Waals surface area contributed by atoms with Gasteiger partial charge >= 0.3 is 5.97 Å². The van der Waals surface area contributed by atoms with Gasteiger partial charge in [-0.15, -0.1) is 0 Å². The van der Waals surface area contributed by atoms with Gasteiger partial charge in [-0.1, -0.05) is 6.07 Å². The number of benzene rings is 1. The smallest absolute Gasteiger partial charge is 0.373 e. The van der Waals surface area contributed by atoms with E-state index in [1.54, 1.807) is 35.2 Å². The molecule has 1 amide bonds. The molecule has 0 atom stereocenters. The van der Waals surface area contributed by atoms with Crippen LogP contribution in [-0.4, -0.2) is 28.8 Å². The number of anilines is 1. The van der Waals surface area contributed by atoms with E-state index in [4.69, 9.17) is 4.42 Å². The molecule has 2 aromatic heterocycles. The summed E-state index contributed by atoms with van der Waals surface area (Å²) in [5, 5.41) is 6.81. The molecule has 0 fully saturated rings. The quantitative estimate of drug-likeness (QED) is 0.457. The fraction of sp³-hybridized carbons (Fsp3) is 0.105. The Kier molecular flexibility index (Phi) is 6.05. The number of furan rings is 1. The van der Waals surface area contributed by atoms with Gasteiger partial charge in [-0.3, -0.25) is 9.48 Å². The number of halogens is 2. The van der Waals surface area contributed by atoms with Crippen molar-refractivity contribution in [3.8, 4) is 0 Å². The number of ether oxygens (including phenoxy) is 1. The van der Waals surface area contributed by atoms with Gasteiger partial charge in [0.15, 0.2) is 0 Å². The number of methoxy groups -OCH3 is 1. The third-order valence-electron chi connectivity index (χ3n) is 3.64. The minimum Gasteiger partial charge on any atom is -0.463 e. The molecule has 9 heteroatoms. The molecule has 0 radical (unpaired) electrons. The van der Waals surface area contributed by atoms with Crippen LogP contribution in [0.4, 0.5) is 10.1 Å². The second-order valence-corrected chi connectivity index (χ2v) is 6.53. The fourth-order valence-corrected chi connectivity index (χ4v) is 2.72. The van der Waals surface area contributed by atoms with E-state index in [1.165, 1.54) is 31.5 Å². The number of nitrogens with zero attached hydrogens (tertiary/aromatic N) is 2. The van der Waals surface area contributed by atoms with Crippen molar-refractivity contribution in [1.82, 2.24) is 9.78 Å². The Bertz CT molecular complexity index is 1040. The van der Waals surface area contributed by atoms with Crippen molar-refractivity contribution in [3.05, 3.63) is 76.2 Å². The average Bonchev–Trinajstić information content (AvgIpc) is 3.32. The Labute approximate surface area is 167 Å². The molecule has 0 aliphatic rings. The van der Waals surface area contributed by atoms with Gasteiger partial charge in [0.1, 0.15) is 11.6 Å². The Hall–Kier alpha value is -3.20. The normalized spacial score (nSPS) is 11.0. The van der Waals surface area contributed by atoms with Crippen LogP contribution in [0, 0.1) is 5.82 Å². The van der Waals surface area contributed by atoms with Crippen molar-refractivity contribution in [3.63, 3.8) is 0 Å². The molecule has 144 valence electrons. The molecule has 0 unspecified atom stereocenters. The molecule has 3 aromatic rings. The van der Waals surface area contributed by atoms with Crippen LogP contribution >= 0.6 is 15.9 Å². The van der Waals surface area contributed by atoms with Crippen molar-refractivity contribution in [2.45, 2.75) is 6.54 Å². The van der Waals surface area contributed by atoms with Gasteiger partial charge in [0.05, 0.1) is 30.0 Å². The van der Waals surface area contributed by atoms with E-state index in [0.29, 0.717) is 21.5 Å². The molecule has 1 aromatic carbocycles. The lowest BCUT2D eigenvalue weighted by atomic mass is 10.2. The van der Waals surface area contributed by atoms with Gasteiger partial charge in [0.2, 0.25) is 11.7 Å². The SMILES string of the molecule is COC(=O)c1ccc(Cn2cc(NC(=O)C=Cc3ccc(F)c(Br)c3)cn2)o1. The maximum absolute atomic E-state index is 13.2. The van der Waals surface area contributed by atoms with Crippen molar-refractivity contribution in [2.75, 3.05) is 12.4 Å². The molecule has 1 N–H and O–H groups in total. The van der Waals surface area contributed by atoms with Gasteiger partial charge < -0.3 is 14.5 Å². The minimum atomic E-state index is -0.556. The molecule has 28 heavy (non-hydrogen) atoms. The summed E-state index contributed by atoms with van der Waals surface area (Å²) >= 11 is 3.10. The molecule has 7 nitrogen and oxygen atoms in total. The first-order valence-electron chi connectivity index (χ1n) is 8.08. The average molecular weight is 448 g/mol. The van der Waals surface area contributed by atoms with E-state index >= 15 is 0 Å². The first-order chi connectivity index (χ1) is 13.4. The van der Waals surface area contributed by atoms with Crippen molar-refractivity contribution < 1.29 is 23.1 Å². The molecular formula is C19H15BrFN3O4. The van der Waals surface area contributed by atoms with Gasteiger partial charge in [-0.25, -0.2) is 9.18 Å². The third kappa shape index (κ3) is 4.95. The number of amides is 1. The number of rotatable bonds is 6. The van der Waals surface area contributed by atoms with E-state index < -0.39 is 5.97 Å². The summed E-state index contributed by atoms with van der Waals surface area (Å²) in [6, 6.07) is 7.62. The van der Waals surface area contributed by atoms with Crippen LogP contribution < -0.4 is 5.32 Å². The standard InChI is InChI=1S/C19H15BrFN3O4/c1-27-19(26)17-6-4-14(28-17)11-24-10-13(9-22-24)23-18(25)7-3-12-2-5-16(21)15(20)8-12/h2-10H,11H2,1H3,(H,23,25). The highest BCUT2D eigenvalue weighted by molar-refractivity contribution is 9.10. The first kappa shape index (κ1) is 19.6. The number of aromatic nitrogens is 2. The third-order valence-corrected chi connectivity index (χ3v) is 4.25. The number of nitrogens with one attached hydrogen (secondary N) is 1. The van der Waals surface area contributed by atoms with Crippen molar-refractivity contribution in [2.24, 2.45) is 0 Å². The summed E-state index contributed by atoms with van der Waals surface area (Å²) < 4.78 is 25.0. The summed E-state index contributed by atoms with van der Waals surface area (Å²) in [5.41, 5.74) is 1.17. The van der Waals surface area contributed by atoms with Crippen LogP contribution in [0.5, 0.6) is 0 Å². The Morgan fingerprint density at radius 2 is 2.18 bits per heavy atom. The second kappa shape index (κ2) is 8.66. The van der Waals surface area contributed by atoms with Gasteiger partial charge in [0.25, 0.3) is 0 Å². The predicted octanol–water partition coefficient (Wildman–Crippen LogP) is 3.86. The first-order valence-corrected chi connectivity index (χ1v) is 8.87. The van der Waals surface area contributed by atoms with Crippen molar-refractivity contribution in [1.29, 1.82) is 0 Å². The topological polar surface area (TPSA) is 86.4 Å². The van der Waals surface area contributed by atoms with E-state index in [1.807, 2.05) is 0 Å². The van der Waals surface area contributed by atoms with E-state index in [2.05, 4.69) is 31.1 Å². The Balaban J connectivity index is 1.58. The minimum absolute atomic E-state index is 0.107. The Morgan fingerprint density at radius 3 is 2.93 bits per heavy atom. The van der Waals surface area contributed by atoms with Gasteiger partial charge in [-0.05, 0) is 51.8 Å². The molecule has 2 heterocycles. The number of carbonyl (C=O) groups excluding carboxylic acids is 2. The lowest BCUT2D eigenvalue weighted by Gasteiger charge is -1.99. The maximum Gasteiger partial charge on any atom is 0.373 e. The van der Waals surface area contributed by atoms with Crippen LogP contribution in [0.1, 0.15) is 21.9 Å². The summed E-state index contributed by atoms with van der Waals surface area (Å²) in [4.78, 5) is 23.4. The van der Waals surface area contributed by atoms with Crippen LogP contribution in [0.3, 0.4) is 0 Å². The maximum atomic E-state index is 13.2. The van der Waals surface area contributed by atoms with Crippen LogP contribution in [-0.2, 0) is 16.1 Å². The lowest BCUT2D eigenvalue weighted by molar-refractivity contribution is -0.111. The summed E-state index contributed by atoms with van der Waals surface area (Å²) in [6.07, 6.45) is 6.03. The fourth-order valence-electron chi connectivity index (χ4n) is 2.32. The predicted molar refractivity (Wildman–Crippen MR) is 103 cm³/mol. The zero-order chi connectivity index (χ0) is 20.1. The molecule has 0 spiro atoms. The Morgan fingerprint density at radius 1 is 1.36 bits per heavy atom. The highest BCUT2D eigenvalue weighted by atomic mass is 79.9. The molecular weight excluding hydrogens is 433 g/mol. The number of hydrogen-bond acceptors (Lipinski definition) is 5. The zero-order valence-corrected chi connectivity index (χ0v) is 16.3. The number of esters is 1. The number of hydrogen-bond donors (Lipinski definition) is 1. The highest BCUT2D eigenvalue weighted by Gasteiger charge is 2.12. The van der Waals surface area contributed by atoms with Crippen LogP contribution in [0.2, 0.25) is 0 Å². The van der Waals surface area contributed by atoms with E-state index in [0.717, 1.165) is 0 Å². The van der Waals surface area contributed by atoms with E-state index in [-0.39, 0.29) is 24.0 Å². The van der Waals surface area contributed by atoms with Crippen molar-refractivity contribution >= 4 is 39.6 Å². The van der Waals surface area contributed by atoms with Crippen LogP contribution in [0.15, 0.2) is 57.7 Å². The van der Waals surface area contributed by atoms with Crippen LogP contribution in [0.25, 0.3) is 6.08 Å². The molecule has 0 aliphatic heterocycles. The molecule has 0 saturated heterocycles. The van der Waals surface area contributed by atoms with Gasteiger partial charge in [0, 0.05) is 12.3 Å². The van der Waals surface area contributed by atoms with Gasteiger partial charge in [-0.2, -0.15) is 5.10 Å². The highest BCUT2D eigenvalue weighted by Crippen LogP contribution is 2.18. The number of carbonyl (C=O) groups is 2. The second-order valence-electron chi connectivity index (χ2n) is 5.68. The molecule has 0 bridgehead atoms. The monoisotopic (exact) mass is 447 g/mol. The molecule has 0 saturated carbocycles. The molecule has 0 aliphatic carbocycles.